The van der Waals surface area contributed by atoms with Crippen LogP contribution in [0.1, 0.15) is 30.9 Å². The summed E-state index contributed by atoms with van der Waals surface area (Å²) in [6.07, 6.45) is 4.99. The summed E-state index contributed by atoms with van der Waals surface area (Å²) in [6.45, 7) is 1.53. The molecule has 26 heavy (non-hydrogen) atoms. The Kier molecular flexibility index (Phi) is 4.46. The van der Waals surface area contributed by atoms with Crippen LogP contribution in [-0.2, 0) is 4.79 Å². The van der Waals surface area contributed by atoms with Gasteiger partial charge in [-0.2, -0.15) is 0 Å². The van der Waals surface area contributed by atoms with Crippen molar-refractivity contribution in [1.82, 2.24) is 19.7 Å². The van der Waals surface area contributed by atoms with Gasteiger partial charge < -0.3 is 9.47 Å². The molecule has 0 bridgehead atoms. The summed E-state index contributed by atoms with van der Waals surface area (Å²) >= 11 is 5.58. The van der Waals surface area contributed by atoms with E-state index in [1.54, 1.807) is 16.8 Å². The molecule has 1 atom stereocenters. The number of hydrogen-bond acceptors (Lipinski definition) is 3. The number of nitrogens with one attached hydrogen (secondary N) is 2. The third kappa shape index (κ3) is 2.88. The van der Waals surface area contributed by atoms with Crippen molar-refractivity contribution in [3.05, 3.63) is 63.2 Å². The lowest BCUT2D eigenvalue weighted by Crippen LogP contribution is -2.41. The molecule has 0 saturated carbocycles. The highest BCUT2D eigenvalue weighted by Gasteiger charge is 2.29. The highest BCUT2D eigenvalue weighted by atomic mass is 32.1. The zero-order chi connectivity index (χ0) is 18.1. The van der Waals surface area contributed by atoms with E-state index in [-0.39, 0.29) is 11.5 Å². The minimum absolute atomic E-state index is 0.0262. The monoisotopic (exact) mass is 368 g/mol. The number of benzene rings is 1. The average molecular weight is 368 g/mol. The molecule has 1 saturated heterocycles. The van der Waals surface area contributed by atoms with E-state index >= 15 is 0 Å². The molecule has 6 nitrogen and oxygen atoms in total. The second-order valence-electron chi connectivity index (χ2n) is 6.60. The number of piperidine rings is 1. The number of aromatic amines is 2. The van der Waals surface area contributed by atoms with Gasteiger partial charge in [-0.05, 0) is 30.9 Å². The fraction of sp³-hybridized carbons (Fsp3) is 0.316. The quantitative estimate of drug-likeness (QED) is 0.698. The maximum atomic E-state index is 13.4. The van der Waals surface area contributed by atoms with Crippen LogP contribution in [0.3, 0.4) is 0 Å². The second-order valence-corrected chi connectivity index (χ2v) is 6.98. The molecule has 1 aromatic carbocycles. The van der Waals surface area contributed by atoms with Crippen LogP contribution in [-0.4, -0.2) is 38.7 Å². The Morgan fingerprint density at radius 2 is 1.77 bits per heavy atom. The normalized spacial score (nSPS) is 15.9. The Morgan fingerprint density at radius 3 is 2.50 bits per heavy atom. The third-order valence-electron chi connectivity index (χ3n) is 4.95. The molecule has 0 radical (unpaired) electrons. The van der Waals surface area contributed by atoms with Crippen molar-refractivity contribution in [2.45, 2.75) is 25.3 Å². The Labute approximate surface area is 155 Å². The minimum atomic E-state index is -0.569. The number of carbonyl (C=O) groups is 1. The average Bonchev–Trinajstić information content (AvgIpc) is 3.07. The zero-order valence-electron chi connectivity index (χ0n) is 14.3. The molecule has 1 amide bonds. The Balaban J connectivity index is 1.87. The lowest BCUT2D eigenvalue weighted by Gasteiger charge is -2.31. The molecular formula is C19H20N4O2S. The number of fused-ring (bicyclic) bond motifs is 1. The number of nitrogens with zero attached hydrogens (tertiary/aromatic N) is 2. The summed E-state index contributed by atoms with van der Waals surface area (Å²) in [6, 6.07) is 10.8. The van der Waals surface area contributed by atoms with Gasteiger partial charge in [-0.1, -0.05) is 42.5 Å². The van der Waals surface area contributed by atoms with E-state index in [0.29, 0.717) is 15.5 Å². The van der Waals surface area contributed by atoms with Crippen LogP contribution in [0.2, 0.25) is 0 Å². The molecule has 1 aliphatic rings. The number of aromatic nitrogens is 3. The topological polar surface area (TPSA) is 73.9 Å². The molecule has 0 spiro atoms. The van der Waals surface area contributed by atoms with Crippen LogP contribution in [0.4, 0.5) is 0 Å². The maximum Gasteiger partial charge on any atom is 0.274 e. The number of likely N-dealkylation sites (tertiary alicyclic amines) is 1. The molecule has 1 aliphatic heterocycles. The second kappa shape index (κ2) is 6.92. The first kappa shape index (κ1) is 16.8. The first-order valence-corrected chi connectivity index (χ1v) is 9.23. The fourth-order valence-electron chi connectivity index (χ4n) is 3.61. The smallest absolute Gasteiger partial charge is 0.274 e. The molecule has 2 aromatic heterocycles. The molecule has 0 aliphatic carbocycles. The van der Waals surface area contributed by atoms with E-state index in [9.17, 15) is 9.59 Å². The van der Waals surface area contributed by atoms with Gasteiger partial charge in [0.15, 0.2) is 0 Å². The summed E-state index contributed by atoms with van der Waals surface area (Å²) in [5.41, 5.74) is 1.25. The van der Waals surface area contributed by atoms with Gasteiger partial charge in [0.2, 0.25) is 5.91 Å². The Hall–Kier alpha value is -2.67. The maximum absolute atomic E-state index is 13.4. The number of pyridine rings is 1. The largest absolute Gasteiger partial charge is 0.341 e. The van der Waals surface area contributed by atoms with Gasteiger partial charge in [0.25, 0.3) is 5.56 Å². The first-order chi connectivity index (χ1) is 12.7. The Morgan fingerprint density at radius 1 is 1.04 bits per heavy atom. The predicted molar refractivity (Wildman–Crippen MR) is 103 cm³/mol. The molecular weight excluding hydrogens is 348 g/mol. The number of hydrogen-bond donors (Lipinski definition) is 2. The molecule has 7 heteroatoms. The number of H-pyrrole nitrogens is 2. The number of carbonyl (C=O) groups excluding carboxylic acids is 1. The van der Waals surface area contributed by atoms with Gasteiger partial charge in [0.05, 0.1) is 5.52 Å². The van der Waals surface area contributed by atoms with Crippen molar-refractivity contribution < 1.29 is 4.79 Å². The van der Waals surface area contributed by atoms with Crippen LogP contribution < -0.4 is 5.56 Å². The van der Waals surface area contributed by atoms with Gasteiger partial charge in [0.1, 0.15) is 16.1 Å². The van der Waals surface area contributed by atoms with Crippen LogP contribution >= 0.6 is 12.2 Å². The van der Waals surface area contributed by atoms with Crippen molar-refractivity contribution in [2.24, 2.45) is 0 Å². The first-order valence-electron chi connectivity index (χ1n) is 8.82. The molecule has 1 fully saturated rings. The number of amides is 1. The number of rotatable bonds is 3. The zero-order valence-corrected chi connectivity index (χ0v) is 15.1. The highest BCUT2D eigenvalue weighted by Crippen LogP contribution is 2.25. The Bertz CT molecular complexity index is 1040. The SMILES string of the molecule is O=C(C(c1ccccc1)n1ccc2[nH][nH]c(=O)c2c1=S)N1CCCCC1. The van der Waals surface area contributed by atoms with Crippen LogP contribution in [0.25, 0.3) is 10.9 Å². The van der Waals surface area contributed by atoms with E-state index in [1.165, 1.54) is 0 Å². The lowest BCUT2D eigenvalue weighted by molar-refractivity contribution is -0.134. The highest BCUT2D eigenvalue weighted by molar-refractivity contribution is 7.71. The third-order valence-corrected chi connectivity index (χ3v) is 5.37. The van der Waals surface area contributed by atoms with E-state index in [4.69, 9.17) is 12.2 Å². The van der Waals surface area contributed by atoms with Crippen molar-refractivity contribution in [2.75, 3.05) is 13.1 Å². The molecule has 1 unspecified atom stereocenters. The van der Waals surface area contributed by atoms with Gasteiger partial charge in [-0.15, -0.1) is 0 Å². The summed E-state index contributed by atoms with van der Waals surface area (Å²) in [5.74, 6) is 0.0262. The van der Waals surface area contributed by atoms with Crippen molar-refractivity contribution in [1.29, 1.82) is 0 Å². The van der Waals surface area contributed by atoms with E-state index in [0.717, 1.165) is 37.9 Å². The molecule has 134 valence electrons. The van der Waals surface area contributed by atoms with Crippen LogP contribution in [0, 0.1) is 4.64 Å². The van der Waals surface area contributed by atoms with E-state index < -0.39 is 6.04 Å². The lowest BCUT2D eigenvalue weighted by atomic mass is 10.0. The van der Waals surface area contributed by atoms with Crippen molar-refractivity contribution in [3.8, 4) is 0 Å². The van der Waals surface area contributed by atoms with E-state index in [2.05, 4.69) is 10.2 Å². The fourth-order valence-corrected chi connectivity index (χ4v) is 3.98. The van der Waals surface area contributed by atoms with Crippen LogP contribution in [0.15, 0.2) is 47.4 Å². The van der Waals surface area contributed by atoms with Gasteiger partial charge >= 0.3 is 0 Å². The standard InChI is InChI=1S/C19H20N4O2S/c24-17-15-14(20-21-17)9-12-23(19(15)26)16(13-7-3-1-4-8-13)18(25)22-10-5-2-6-11-22/h1,3-4,7-9,12,16H,2,5-6,10-11H2,(H2,20,21,24). The van der Waals surface area contributed by atoms with Crippen molar-refractivity contribution in [3.63, 3.8) is 0 Å². The summed E-state index contributed by atoms with van der Waals surface area (Å²) in [4.78, 5) is 27.4. The van der Waals surface area contributed by atoms with Gasteiger partial charge in [0, 0.05) is 19.3 Å². The molecule has 3 heterocycles. The van der Waals surface area contributed by atoms with Crippen molar-refractivity contribution >= 4 is 29.0 Å². The van der Waals surface area contributed by atoms with Gasteiger partial charge in [-0.3, -0.25) is 19.8 Å². The predicted octanol–water partition coefficient (Wildman–Crippen LogP) is 2.99. The summed E-state index contributed by atoms with van der Waals surface area (Å²) in [7, 11) is 0. The summed E-state index contributed by atoms with van der Waals surface area (Å²) < 4.78 is 2.11. The van der Waals surface area contributed by atoms with Crippen LogP contribution in [0.5, 0.6) is 0 Å². The molecule has 2 N–H and O–H groups in total. The van der Waals surface area contributed by atoms with E-state index in [1.807, 2.05) is 35.2 Å². The minimum Gasteiger partial charge on any atom is -0.341 e. The summed E-state index contributed by atoms with van der Waals surface area (Å²) in [5, 5.41) is 5.79. The molecule has 3 aromatic rings. The van der Waals surface area contributed by atoms with Gasteiger partial charge in [-0.25, -0.2) is 0 Å². The molecule has 4 rings (SSSR count).